The van der Waals surface area contributed by atoms with Gasteiger partial charge in [-0.05, 0) is 17.2 Å². The van der Waals surface area contributed by atoms with Crippen LogP contribution in [-0.4, -0.2) is 23.5 Å². The highest BCUT2D eigenvalue weighted by Crippen LogP contribution is 2.29. The zero-order valence-electron chi connectivity index (χ0n) is 11.5. The van der Waals surface area contributed by atoms with E-state index < -0.39 is 9.28 Å². The molecule has 0 bridgehead atoms. The van der Waals surface area contributed by atoms with Crippen LogP contribution in [0.25, 0.3) is 0 Å². The van der Waals surface area contributed by atoms with Crippen LogP contribution in [0.2, 0.25) is 6.04 Å². The molecule has 0 radical (unpaired) electrons. The lowest BCUT2D eigenvalue weighted by molar-refractivity contribution is 0.276. The third-order valence-electron chi connectivity index (χ3n) is 3.36. The van der Waals surface area contributed by atoms with E-state index in [1.807, 2.05) is 12.1 Å². The third-order valence-corrected chi connectivity index (χ3v) is 5.27. The summed E-state index contributed by atoms with van der Waals surface area (Å²) in [7, 11) is 1.90. The lowest BCUT2D eigenvalue weighted by Crippen LogP contribution is -2.22. The van der Waals surface area contributed by atoms with Crippen LogP contribution in [0.1, 0.15) is 17.0 Å². The summed E-state index contributed by atoms with van der Waals surface area (Å²) in [5, 5.41) is 0. The Labute approximate surface area is 116 Å². The van der Waals surface area contributed by atoms with E-state index in [1.54, 1.807) is 14.2 Å². The Hall–Kier alpha value is -1.42. The van der Waals surface area contributed by atoms with Gasteiger partial charge in [0.25, 0.3) is 0 Å². The summed E-state index contributed by atoms with van der Waals surface area (Å²) in [5.74, 6) is 0.346. The Morgan fingerprint density at radius 1 is 0.789 bits per heavy atom. The first-order valence-corrected chi connectivity index (χ1v) is 8.26. The monoisotopic (exact) mass is 272 g/mol. The lowest BCUT2D eigenvalue weighted by atomic mass is 9.93. The molecule has 19 heavy (non-hydrogen) atoms. The maximum absolute atomic E-state index is 5.49. The second kappa shape index (κ2) is 7.24. The molecule has 0 aliphatic rings. The fourth-order valence-electron chi connectivity index (χ4n) is 2.32. The molecule has 0 saturated carbocycles. The van der Waals surface area contributed by atoms with Crippen molar-refractivity contribution in [3.05, 3.63) is 71.8 Å². The number of benzene rings is 2. The van der Waals surface area contributed by atoms with Crippen molar-refractivity contribution in [2.45, 2.75) is 12.0 Å². The van der Waals surface area contributed by atoms with E-state index in [9.17, 15) is 0 Å². The summed E-state index contributed by atoms with van der Waals surface area (Å²) in [4.78, 5) is 0. The van der Waals surface area contributed by atoms with E-state index in [-0.39, 0.29) is 0 Å². The second-order valence-corrected chi connectivity index (χ2v) is 6.78. The quantitative estimate of drug-likeness (QED) is 0.751. The van der Waals surface area contributed by atoms with Crippen LogP contribution in [0.15, 0.2) is 60.7 Å². The molecule has 3 heteroatoms. The summed E-state index contributed by atoms with van der Waals surface area (Å²) < 4.78 is 11.0. The SMILES string of the molecule is CO[SiH](CC(c1ccccc1)c1ccccc1)OC. The molecule has 0 N–H and O–H groups in total. The number of hydrogen-bond donors (Lipinski definition) is 0. The van der Waals surface area contributed by atoms with Crippen LogP contribution >= 0.6 is 0 Å². The van der Waals surface area contributed by atoms with Gasteiger partial charge >= 0.3 is 9.28 Å². The molecule has 0 saturated heterocycles. The summed E-state index contributed by atoms with van der Waals surface area (Å²) in [6, 6.07) is 22.1. The largest absolute Gasteiger partial charge is 0.400 e. The third kappa shape index (κ3) is 3.77. The Balaban J connectivity index is 2.29. The minimum absolute atomic E-state index is 0.346. The van der Waals surface area contributed by atoms with E-state index in [0.29, 0.717) is 5.92 Å². The smallest absolute Gasteiger partial charge is 0.321 e. The molecule has 0 amide bonds. The van der Waals surface area contributed by atoms with E-state index in [1.165, 1.54) is 11.1 Å². The van der Waals surface area contributed by atoms with Crippen molar-refractivity contribution in [2.24, 2.45) is 0 Å². The van der Waals surface area contributed by atoms with Gasteiger partial charge in [-0.15, -0.1) is 0 Å². The number of hydrogen-bond acceptors (Lipinski definition) is 2. The van der Waals surface area contributed by atoms with Gasteiger partial charge in [-0.1, -0.05) is 60.7 Å². The fraction of sp³-hybridized carbons (Fsp3) is 0.250. The predicted molar refractivity (Wildman–Crippen MR) is 80.7 cm³/mol. The van der Waals surface area contributed by atoms with Crippen LogP contribution in [0.5, 0.6) is 0 Å². The topological polar surface area (TPSA) is 18.5 Å². The van der Waals surface area contributed by atoms with Crippen LogP contribution < -0.4 is 0 Å². The average molecular weight is 272 g/mol. The minimum atomic E-state index is -1.59. The van der Waals surface area contributed by atoms with Gasteiger partial charge in [-0.3, -0.25) is 0 Å². The summed E-state index contributed by atoms with van der Waals surface area (Å²) in [6.07, 6.45) is 0. The van der Waals surface area contributed by atoms with E-state index in [2.05, 4.69) is 48.5 Å². The van der Waals surface area contributed by atoms with Gasteiger partial charge in [-0.25, -0.2) is 0 Å². The Morgan fingerprint density at radius 2 is 1.21 bits per heavy atom. The maximum atomic E-state index is 5.49. The van der Waals surface area contributed by atoms with Crippen molar-refractivity contribution in [1.29, 1.82) is 0 Å². The molecule has 0 aliphatic carbocycles. The lowest BCUT2D eigenvalue weighted by Gasteiger charge is -2.21. The molecule has 2 aromatic rings. The first-order chi connectivity index (χ1) is 9.35. The van der Waals surface area contributed by atoms with Gasteiger partial charge in [-0.2, -0.15) is 0 Å². The normalized spacial score (nSPS) is 11.2. The van der Waals surface area contributed by atoms with Crippen molar-refractivity contribution < 1.29 is 8.85 Å². The molecular weight excluding hydrogens is 252 g/mol. The van der Waals surface area contributed by atoms with Gasteiger partial charge in [0, 0.05) is 20.1 Å². The Kier molecular flexibility index (Phi) is 5.33. The van der Waals surface area contributed by atoms with Crippen molar-refractivity contribution in [1.82, 2.24) is 0 Å². The minimum Gasteiger partial charge on any atom is -0.400 e. The van der Waals surface area contributed by atoms with E-state index in [4.69, 9.17) is 8.85 Å². The number of rotatable bonds is 6. The van der Waals surface area contributed by atoms with Crippen LogP contribution in [0, 0.1) is 0 Å². The molecule has 0 unspecified atom stereocenters. The van der Waals surface area contributed by atoms with Crippen molar-refractivity contribution in [3.63, 3.8) is 0 Å². The molecule has 2 aromatic carbocycles. The first-order valence-electron chi connectivity index (χ1n) is 6.50. The van der Waals surface area contributed by atoms with Gasteiger partial charge < -0.3 is 8.85 Å². The highest BCUT2D eigenvalue weighted by molar-refractivity contribution is 6.44. The highest BCUT2D eigenvalue weighted by atomic mass is 28.3. The van der Waals surface area contributed by atoms with Crippen molar-refractivity contribution >= 4 is 9.28 Å². The molecule has 0 aromatic heterocycles. The van der Waals surface area contributed by atoms with Crippen LogP contribution in [-0.2, 0) is 8.85 Å². The zero-order valence-corrected chi connectivity index (χ0v) is 12.6. The van der Waals surface area contributed by atoms with Crippen LogP contribution in [0.3, 0.4) is 0 Å². The molecule has 100 valence electrons. The standard InChI is InChI=1S/C16H20O2Si/c1-17-19(18-2)13-16(14-9-5-3-6-10-14)15-11-7-4-8-12-15/h3-12,16,19H,13H2,1-2H3. The predicted octanol–water partition coefficient (Wildman–Crippen LogP) is 3.33. The van der Waals surface area contributed by atoms with E-state index in [0.717, 1.165) is 6.04 Å². The molecule has 0 heterocycles. The van der Waals surface area contributed by atoms with E-state index >= 15 is 0 Å². The summed E-state index contributed by atoms with van der Waals surface area (Å²) >= 11 is 0. The molecule has 0 spiro atoms. The van der Waals surface area contributed by atoms with Gasteiger partial charge in [0.05, 0.1) is 0 Å². The fourth-order valence-corrected chi connectivity index (χ4v) is 3.82. The van der Waals surface area contributed by atoms with Gasteiger partial charge in [0.1, 0.15) is 0 Å². The van der Waals surface area contributed by atoms with Crippen LogP contribution in [0.4, 0.5) is 0 Å². The van der Waals surface area contributed by atoms with Crippen molar-refractivity contribution in [2.75, 3.05) is 14.2 Å². The Morgan fingerprint density at radius 3 is 1.58 bits per heavy atom. The Bertz CT molecular complexity index is 429. The zero-order chi connectivity index (χ0) is 13.5. The van der Waals surface area contributed by atoms with Gasteiger partial charge in [0.15, 0.2) is 0 Å². The maximum Gasteiger partial charge on any atom is 0.321 e. The summed E-state index contributed by atoms with van der Waals surface area (Å²) in [5.41, 5.74) is 2.64. The molecule has 2 rings (SSSR count). The summed E-state index contributed by atoms with van der Waals surface area (Å²) in [6.45, 7) is 0. The molecule has 2 nitrogen and oxygen atoms in total. The average Bonchev–Trinajstić information content (AvgIpc) is 2.50. The molecule has 0 aliphatic heterocycles. The molecular formula is C16H20O2Si. The molecule has 0 atom stereocenters. The first kappa shape index (κ1) is 14.0. The second-order valence-electron chi connectivity index (χ2n) is 4.51. The molecule has 0 fully saturated rings. The highest BCUT2D eigenvalue weighted by Gasteiger charge is 2.21. The van der Waals surface area contributed by atoms with Gasteiger partial charge in [0.2, 0.25) is 0 Å². The van der Waals surface area contributed by atoms with Crippen molar-refractivity contribution in [3.8, 4) is 0 Å².